The summed E-state index contributed by atoms with van der Waals surface area (Å²) < 4.78 is 12.0. The first-order chi connectivity index (χ1) is 4.52. The van der Waals surface area contributed by atoms with E-state index in [1.165, 1.54) is 0 Å². The molecule has 0 aliphatic rings. The molecule has 0 aromatic carbocycles. The first-order valence-electron chi connectivity index (χ1n) is 2.91. The number of allylic oxidation sites excluding steroid dienone is 2. The van der Waals surface area contributed by atoms with Gasteiger partial charge in [0.25, 0.3) is 0 Å². The molecule has 0 amide bonds. The molecule has 1 unspecified atom stereocenters. The van der Waals surface area contributed by atoms with E-state index in [1.807, 2.05) is 0 Å². The average Bonchev–Trinajstić information content (AvgIpc) is 1.58. The Morgan fingerprint density at radius 1 is 1.90 bits per heavy atom. The molecule has 0 rings (SSSR count). The Bertz CT molecular complexity index is 152. The third-order valence-corrected chi connectivity index (χ3v) is 1.07. The molecule has 0 aliphatic heterocycles. The van der Waals surface area contributed by atoms with E-state index >= 15 is 0 Å². The van der Waals surface area contributed by atoms with E-state index in [1.54, 1.807) is 6.92 Å². The standard InChI is InChI=1S/C7H10ClFO/c1-5(9)3-7(8)4-6(2)10/h3,6,10H,1,4H2,2H3/b7-3+. The normalized spacial score (nSPS) is 15.0. The summed E-state index contributed by atoms with van der Waals surface area (Å²) in [5.41, 5.74) is 0. The van der Waals surface area contributed by atoms with Crippen LogP contribution in [0, 0.1) is 0 Å². The van der Waals surface area contributed by atoms with Gasteiger partial charge in [0.15, 0.2) is 0 Å². The summed E-state index contributed by atoms with van der Waals surface area (Å²) in [4.78, 5) is 0. The van der Waals surface area contributed by atoms with Gasteiger partial charge in [-0.1, -0.05) is 18.2 Å². The minimum Gasteiger partial charge on any atom is -0.393 e. The Kier molecular flexibility index (Phi) is 4.32. The molecule has 0 aromatic rings. The molecular formula is C7H10ClFO. The first kappa shape index (κ1) is 9.66. The zero-order valence-electron chi connectivity index (χ0n) is 5.77. The van der Waals surface area contributed by atoms with Gasteiger partial charge in [-0.15, -0.1) is 0 Å². The van der Waals surface area contributed by atoms with Crippen LogP contribution in [0.4, 0.5) is 4.39 Å². The minimum atomic E-state index is -0.592. The summed E-state index contributed by atoms with van der Waals surface area (Å²) >= 11 is 5.47. The van der Waals surface area contributed by atoms with Crippen LogP contribution in [0.15, 0.2) is 23.5 Å². The maximum atomic E-state index is 12.0. The minimum absolute atomic E-state index is 0.268. The van der Waals surface area contributed by atoms with Gasteiger partial charge in [0, 0.05) is 11.5 Å². The number of aliphatic hydroxyl groups is 1. The van der Waals surface area contributed by atoms with E-state index in [0.717, 1.165) is 6.08 Å². The Morgan fingerprint density at radius 2 is 2.40 bits per heavy atom. The van der Waals surface area contributed by atoms with E-state index in [2.05, 4.69) is 6.58 Å². The van der Waals surface area contributed by atoms with Crippen molar-refractivity contribution in [3.05, 3.63) is 23.5 Å². The highest BCUT2D eigenvalue weighted by molar-refractivity contribution is 6.29. The molecule has 0 spiro atoms. The molecule has 0 radical (unpaired) electrons. The van der Waals surface area contributed by atoms with Gasteiger partial charge in [-0.2, -0.15) is 0 Å². The number of rotatable bonds is 3. The lowest BCUT2D eigenvalue weighted by Gasteiger charge is -2.00. The third kappa shape index (κ3) is 5.79. The molecule has 58 valence electrons. The predicted octanol–water partition coefficient (Wildman–Crippen LogP) is 2.36. The maximum absolute atomic E-state index is 12.0. The van der Waals surface area contributed by atoms with Gasteiger partial charge < -0.3 is 5.11 Å². The van der Waals surface area contributed by atoms with Crippen LogP contribution in [0.25, 0.3) is 0 Å². The molecule has 0 bridgehead atoms. The van der Waals surface area contributed by atoms with Crippen LogP contribution < -0.4 is 0 Å². The lowest BCUT2D eigenvalue weighted by molar-refractivity contribution is 0.197. The molecule has 0 saturated heterocycles. The van der Waals surface area contributed by atoms with Crippen LogP contribution >= 0.6 is 11.6 Å². The van der Waals surface area contributed by atoms with E-state index in [9.17, 15) is 4.39 Å². The highest BCUT2D eigenvalue weighted by Gasteiger charge is 1.98. The SMILES string of the molecule is C=C(F)/C=C(/Cl)CC(C)O. The first-order valence-corrected chi connectivity index (χ1v) is 3.28. The molecule has 0 heterocycles. The molecule has 10 heavy (non-hydrogen) atoms. The van der Waals surface area contributed by atoms with Crippen molar-refractivity contribution in [2.45, 2.75) is 19.4 Å². The molecule has 1 nitrogen and oxygen atoms in total. The molecule has 0 aliphatic carbocycles. The summed E-state index contributed by atoms with van der Waals surface area (Å²) in [5, 5.41) is 9.04. The van der Waals surface area contributed by atoms with E-state index in [0.29, 0.717) is 0 Å². The summed E-state index contributed by atoms with van der Waals surface area (Å²) in [5.74, 6) is -0.592. The van der Waals surface area contributed by atoms with Crippen LogP contribution in [0.3, 0.4) is 0 Å². The zero-order valence-corrected chi connectivity index (χ0v) is 6.53. The summed E-state index contributed by atoms with van der Waals surface area (Å²) in [6, 6.07) is 0. The monoisotopic (exact) mass is 164 g/mol. The average molecular weight is 165 g/mol. The molecule has 0 fully saturated rings. The van der Waals surface area contributed by atoms with Crippen molar-refractivity contribution >= 4 is 11.6 Å². The van der Waals surface area contributed by atoms with E-state index in [4.69, 9.17) is 16.7 Å². The summed E-state index contributed by atoms with van der Waals surface area (Å²) in [6.07, 6.45) is 0.821. The van der Waals surface area contributed by atoms with Gasteiger partial charge in [-0.05, 0) is 13.0 Å². The molecular weight excluding hydrogens is 155 g/mol. The highest BCUT2D eigenvalue weighted by Crippen LogP contribution is 2.12. The van der Waals surface area contributed by atoms with Gasteiger partial charge in [0.05, 0.1) is 6.10 Å². The van der Waals surface area contributed by atoms with Crippen LogP contribution in [0.5, 0.6) is 0 Å². The predicted molar refractivity (Wildman–Crippen MR) is 40.5 cm³/mol. The fraction of sp³-hybridized carbons (Fsp3) is 0.429. The number of hydrogen-bond acceptors (Lipinski definition) is 1. The highest BCUT2D eigenvalue weighted by atomic mass is 35.5. The maximum Gasteiger partial charge on any atom is 0.117 e. The van der Waals surface area contributed by atoms with Gasteiger partial charge in [0.1, 0.15) is 5.83 Å². The van der Waals surface area contributed by atoms with Crippen molar-refractivity contribution in [3.63, 3.8) is 0 Å². The molecule has 0 aromatic heterocycles. The zero-order chi connectivity index (χ0) is 8.15. The number of halogens is 2. The molecule has 0 saturated carbocycles. The number of hydrogen-bond donors (Lipinski definition) is 1. The van der Waals surface area contributed by atoms with Gasteiger partial charge in [-0.3, -0.25) is 0 Å². The number of aliphatic hydroxyl groups excluding tert-OH is 1. The van der Waals surface area contributed by atoms with Crippen molar-refractivity contribution in [1.29, 1.82) is 0 Å². The van der Waals surface area contributed by atoms with Gasteiger partial charge >= 0.3 is 0 Å². The Balaban J connectivity index is 3.83. The molecule has 1 atom stereocenters. The van der Waals surface area contributed by atoms with E-state index in [-0.39, 0.29) is 11.5 Å². The van der Waals surface area contributed by atoms with Crippen LogP contribution in [0.1, 0.15) is 13.3 Å². The van der Waals surface area contributed by atoms with Crippen molar-refractivity contribution in [3.8, 4) is 0 Å². The lowest BCUT2D eigenvalue weighted by Crippen LogP contribution is -1.98. The lowest BCUT2D eigenvalue weighted by atomic mass is 10.2. The van der Waals surface area contributed by atoms with Crippen LogP contribution in [0.2, 0.25) is 0 Å². The van der Waals surface area contributed by atoms with Crippen molar-refractivity contribution < 1.29 is 9.50 Å². The fourth-order valence-corrected chi connectivity index (χ4v) is 0.853. The van der Waals surface area contributed by atoms with Crippen molar-refractivity contribution in [1.82, 2.24) is 0 Å². The Morgan fingerprint density at radius 3 is 2.70 bits per heavy atom. The molecule has 3 heteroatoms. The largest absolute Gasteiger partial charge is 0.393 e. The van der Waals surface area contributed by atoms with E-state index < -0.39 is 11.9 Å². The van der Waals surface area contributed by atoms with Crippen LogP contribution in [-0.2, 0) is 0 Å². The summed E-state index contributed by atoms with van der Waals surface area (Å²) in [6.45, 7) is 4.57. The van der Waals surface area contributed by atoms with Crippen molar-refractivity contribution in [2.75, 3.05) is 0 Å². The second kappa shape index (κ2) is 4.47. The van der Waals surface area contributed by atoms with Gasteiger partial charge in [0.2, 0.25) is 0 Å². The van der Waals surface area contributed by atoms with Gasteiger partial charge in [-0.25, -0.2) is 4.39 Å². The Hall–Kier alpha value is -0.340. The molecule has 1 N–H and O–H groups in total. The van der Waals surface area contributed by atoms with Crippen LogP contribution in [-0.4, -0.2) is 11.2 Å². The summed E-state index contributed by atoms with van der Waals surface area (Å²) in [7, 11) is 0. The second-order valence-electron chi connectivity index (χ2n) is 2.09. The Labute approximate surface area is 64.8 Å². The third-order valence-electron chi connectivity index (χ3n) is 0.804. The van der Waals surface area contributed by atoms with Crippen molar-refractivity contribution in [2.24, 2.45) is 0 Å². The quantitative estimate of drug-likeness (QED) is 0.635. The fourth-order valence-electron chi connectivity index (χ4n) is 0.511. The topological polar surface area (TPSA) is 20.2 Å². The second-order valence-corrected chi connectivity index (χ2v) is 2.58. The smallest absolute Gasteiger partial charge is 0.117 e.